The van der Waals surface area contributed by atoms with Crippen molar-refractivity contribution in [2.75, 3.05) is 6.54 Å². The van der Waals surface area contributed by atoms with Gasteiger partial charge in [0.15, 0.2) is 17.5 Å². The maximum atomic E-state index is 14.2. The highest BCUT2D eigenvalue weighted by atomic mass is 19.2. The Kier molecular flexibility index (Phi) is 6.40. The quantitative estimate of drug-likeness (QED) is 0.601. The summed E-state index contributed by atoms with van der Waals surface area (Å²) in [6.07, 6.45) is 2.38. The highest BCUT2D eigenvalue weighted by Crippen LogP contribution is 2.32. The molecule has 0 unspecified atom stereocenters. The van der Waals surface area contributed by atoms with Crippen molar-refractivity contribution in [1.82, 2.24) is 5.32 Å². The zero-order valence-corrected chi connectivity index (χ0v) is 15.3. The van der Waals surface area contributed by atoms with Crippen LogP contribution in [0, 0.1) is 35.7 Å². The Morgan fingerprint density at radius 1 is 1.19 bits per heavy atom. The van der Waals surface area contributed by atoms with Crippen LogP contribution in [0.3, 0.4) is 0 Å². The molecule has 1 amide bonds. The summed E-state index contributed by atoms with van der Waals surface area (Å²) in [5, 5.41) is 12.0. The molecule has 2 aromatic carbocycles. The van der Waals surface area contributed by atoms with Crippen LogP contribution in [-0.2, 0) is 4.79 Å². The molecule has 0 aliphatic carbocycles. The molecule has 6 heteroatoms. The standard InChI is InChI=1S/C21H19F3N2O/c1-4-7-26-21(27)12(2)8-15-9-14(11-25)10-17(13(15)3)16-5-6-18(22)20(24)19(16)23/h5-6,8-10H,4,7H2,1-3H3,(H,26,27)/b12-8+. The number of amides is 1. The maximum absolute atomic E-state index is 14.2. The van der Waals surface area contributed by atoms with E-state index in [1.54, 1.807) is 26.0 Å². The predicted molar refractivity (Wildman–Crippen MR) is 98.2 cm³/mol. The number of nitriles is 1. The molecule has 140 valence electrons. The van der Waals surface area contributed by atoms with Crippen molar-refractivity contribution in [3.05, 3.63) is 64.0 Å². The number of halogens is 3. The topological polar surface area (TPSA) is 52.9 Å². The molecular formula is C21H19F3N2O. The van der Waals surface area contributed by atoms with Crippen molar-refractivity contribution in [1.29, 1.82) is 5.26 Å². The van der Waals surface area contributed by atoms with Gasteiger partial charge in [-0.25, -0.2) is 13.2 Å². The fourth-order valence-corrected chi connectivity index (χ4v) is 2.64. The van der Waals surface area contributed by atoms with E-state index in [4.69, 9.17) is 0 Å². The second-order valence-electron chi connectivity index (χ2n) is 6.16. The highest BCUT2D eigenvalue weighted by Gasteiger charge is 2.18. The third kappa shape index (κ3) is 4.37. The molecule has 3 nitrogen and oxygen atoms in total. The van der Waals surface area contributed by atoms with Crippen molar-refractivity contribution in [2.24, 2.45) is 0 Å². The third-order valence-electron chi connectivity index (χ3n) is 4.17. The molecule has 0 radical (unpaired) electrons. The fourth-order valence-electron chi connectivity index (χ4n) is 2.64. The minimum atomic E-state index is -1.57. The highest BCUT2D eigenvalue weighted by molar-refractivity contribution is 5.97. The number of carbonyl (C=O) groups excluding carboxylic acids is 1. The van der Waals surface area contributed by atoms with Crippen LogP contribution >= 0.6 is 0 Å². The van der Waals surface area contributed by atoms with Crippen molar-refractivity contribution < 1.29 is 18.0 Å². The Bertz CT molecular complexity index is 959. The summed E-state index contributed by atoms with van der Waals surface area (Å²) in [5.74, 6) is -4.42. The van der Waals surface area contributed by atoms with Crippen LogP contribution in [0.2, 0.25) is 0 Å². The van der Waals surface area contributed by atoms with Crippen molar-refractivity contribution in [3.63, 3.8) is 0 Å². The number of benzene rings is 2. The average Bonchev–Trinajstić information content (AvgIpc) is 2.66. The van der Waals surface area contributed by atoms with Gasteiger partial charge in [-0.2, -0.15) is 5.26 Å². The fraction of sp³-hybridized carbons (Fsp3) is 0.238. The summed E-state index contributed by atoms with van der Waals surface area (Å²) >= 11 is 0. The molecule has 1 N–H and O–H groups in total. The summed E-state index contributed by atoms with van der Waals surface area (Å²) in [4.78, 5) is 12.1. The van der Waals surface area contributed by atoms with E-state index in [9.17, 15) is 23.2 Å². The summed E-state index contributed by atoms with van der Waals surface area (Å²) in [6.45, 7) is 5.76. The molecule has 0 bridgehead atoms. The zero-order valence-electron chi connectivity index (χ0n) is 15.3. The van der Waals surface area contributed by atoms with Gasteiger partial charge in [0, 0.05) is 17.7 Å². The number of nitrogens with zero attached hydrogens (tertiary/aromatic N) is 1. The van der Waals surface area contributed by atoms with E-state index >= 15 is 0 Å². The van der Waals surface area contributed by atoms with E-state index < -0.39 is 17.5 Å². The Hall–Kier alpha value is -3.07. The summed E-state index contributed by atoms with van der Waals surface area (Å²) in [7, 11) is 0. The summed E-state index contributed by atoms with van der Waals surface area (Å²) in [6, 6.07) is 6.91. The van der Waals surface area contributed by atoms with Gasteiger partial charge in [-0.15, -0.1) is 0 Å². The van der Waals surface area contributed by atoms with E-state index in [0.29, 0.717) is 23.2 Å². The van der Waals surface area contributed by atoms with Gasteiger partial charge < -0.3 is 5.32 Å². The predicted octanol–water partition coefficient (Wildman–Crippen LogP) is 4.88. The molecule has 0 heterocycles. The first kappa shape index (κ1) is 20.2. The lowest BCUT2D eigenvalue weighted by Gasteiger charge is -2.13. The van der Waals surface area contributed by atoms with Gasteiger partial charge in [-0.05, 0) is 67.3 Å². The lowest BCUT2D eigenvalue weighted by Crippen LogP contribution is -2.24. The van der Waals surface area contributed by atoms with Crippen molar-refractivity contribution in [2.45, 2.75) is 27.2 Å². The van der Waals surface area contributed by atoms with Gasteiger partial charge in [0.1, 0.15) is 0 Å². The molecular weight excluding hydrogens is 353 g/mol. The van der Waals surface area contributed by atoms with Crippen LogP contribution in [0.15, 0.2) is 29.8 Å². The van der Waals surface area contributed by atoms with Gasteiger partial charge >= 0.3 is 0 Å². The maximum Gasteiger partial charge on any atom is 0.246 e. The molecule has 0 spiro atoms. The minimum absolute atomic E-state index is 0.147. The van der Waals surface area contributed by atoms with Crippen LogP contribution in [0.4, 0.5) is 13.2 Å². The van der Waals surface area contributed by atoms with E-state index in [1.165, 1.54) is 6.07 Å². The molecule has 0 fully saturated rings. The van der Waals surface area contributed by atoms with Crippen LogP contribution in [0.25, 0.3) is 17.2 Å². The number of nitrogens with one attached hydrogen (secondary N) is 1. The van der Waals surface area contributed by atoms with Gasteiger partial charge in [0.25, 0.3) is 0 Å². The SMILES string of the molecule is CCCNC(=O)/C(C)=C/c1cc(C#N)cc(-c2ccc(F)c(F)c2F)c1C. The van der Waals surface area contributed by atoms with E-state index in [-0.39, 0.29) is 22.6 Å². The minimum Gasteiger partial charge on any atom is -0.352 e. The number of carbonyl (C=O) groups is 1. The van der Waals surface area contributed by atoms with Gasteiger partial charge in [0.2, 0.25) is 5.91 Å². The van der Waals surface area contributed by atoms with Crippen LogP contribution < -0.4 is 5.32 Å². The largest absolute Gasteiger partial charge is 0.352 e. The first-order chi connectivity index (χ1) is 12.8. The number of hydrogen-bond acceptors (Lipinski definition) is 2. The summed E-state index contributed by atoms with van der Waals surface area (Å²) < 4.78 is 41.1. The van der Waals surface area contributed by atoms with Gasteiger partial charge in [0.05, 0.1) is 11.6 Å². The Morgan fingerprint density at radius 3 is 2.52 bits per heavy atom. The van der Waals surface area contributed by atoms with Gasteiger partial charge in [-0.1, -0.05) is 6.92 Å². The Balaban J connectivity index is 2.60. The first-order valence-corrected chi connectivity index (χ1v) is 8.45. The molecule has 0 aromatic heterocycles. The van der Waals surface area contributed by atoms with Crippen molar-refractivity contribution in [3.8, 4) is 17.2 Å². The Labute approximate surface area is 156 Å². The monoisotopic (exact) mass is 372 g/mol. The molecule has 0 aliphatic heterocycles. The summed E-state index contributed by atoms with van der Waals surface area (Å²) in [5.41, 5.74) is 1.81. The second-order valence-corrected chi connectivity index (χ2v) is 6.16. The normalized spacial score (nSPS) is 11.2. The van der Waals surface area contributed by atoms with Gasteiger partial charge in [-0.3, -0.25) is 4.79 Å². The second kappa shape index (κ2) is 8.54. The van der Waals surface area contributed by atoms with Crippen LogP contribution in [0.5, 0.6) is 0 Å². The molecule has 0 saturated carbocycles. The average molecular weight is 372 g/mol. The number of hydrogen-bond donors (Lipinski definition) is 1. The lowest BCUT2D eigenvalue weighted by atomic mass is 9.92. The molecule has 0 aliphatic rings. The first-order valence-electron chi connectivity index (χ1n) is 8.45. The van der Waals surface area contributed by atoms with E-state index in [2.05, 4.69) is 5.32 Å². The molecule has 0 saturated heterocycles. The number of rotatable bonds is 5. The van der Waals surface area contributed by atoms with E-state index in [0.717, 1.165) is 18.6 Å². The third-order valence-corrected chi connectivity index (χ3v) is 4.17. The zero-order chi connectivity index (χ0) is 20.1. The molecule has 27 heavy (non-hydrogen) atoms. The lowest BCUT2D eigenvalue weighted by molar-refractivity contribution is -0.117. The Morgan fingerprint density at radius 2 is 1.89 bits per heavy atom. The molecule has 2 rings (SSSR count). The molecule has 0 atom stereocenters. The smallest absolute Gasteiger partial charge is 0.246 e. The van der Waals surface area contributed by atoms with Crippen LogP contribution in [0.1, 0.15) is 37.0 Å². The van der Waals surface area contributed by atoms with Crippen LogP contribution in [-0.4, -0.2) is 12.5 Å². The molecule has 2 aromatic rings. The van der Waals surface area contributed by atoms with E-state index in [1.807, 2.05) is 13.0 Å². The van der Waals surface area contributed by atoms with Crippen molar-refractivity contribution >= 4 is 12.0 Å².